The first-order valence-electron chi connectivity index (χ1n) is 6.59. The molecule has 0 aliphatic carbocycles. The number of piperidine rings is 1. The van der Waals surface area contributed by atoms with E-state index in [0.717, 1.165) is 30.0 Å². The molecule has 0 amide bonds. The number of hydrogen-bond donors (Lipinski definition) is 2. The average Bonchev–Trinajstić information content (AvgIpc) is 2.35. The molecule has 1 aromatic rings. The second kappa shape index (κ2) is 5.09. The third kappa shape index (κ3) is 2.63. The first kappa shape index (κ1) is 12.4. The Kier molecular flexibility index (Phi) is 3.72. The normalized spacial score (nSPS) is 20.5. The lowest BCUT2D eigenvalue weighted by molar-refractivity contribution is 0.375. The van der Waals surface area contributed by atoms with E-state index in [1.54, 1.807) is 0 Å². The van der Waals surface area contributed by atoms with Crippen LogP contribution in [-0.4, -0.2) is 18.2 Å². The van der Waals surface area contributed by atoms with Gasteiger partial charge in [0.05, 0.1) is 0 Å². The molecule has 1 atom stereocenters. The summed E-state index contributed by atoms with van der Waals surface area (Å²) < 4.78 is 0. The fourth-order valence-electron chi connectivity index (χ4n) is 2.77. The highest BCUT2D eigenvalue weighted by molar-refractivity contribution is 5.48. The summed E-state index contributed by atoms with van der Waals surface area (Å²) in [6.07, 6.45) is 3.76. The van der Waals surface area contributed by atoms with Gasteiger partial charge in [-0.25, -0.2) is 0 Å². The summed E-state index contributed by atoms with van der Waals surface area (Å²) >= 11 is 0. The molecule has 0 bridgehead atoms. The van der Waals surface area contributed by atoms with Gasteiger partial charge in [-0.3, -0.25) is 0 Å². The Morgan fingerprint density at radius 2 is 2.06 bits per heavy atom. The van der Waals surface area contributed by atoms with Gasteiger partial charge < -0.3 is 10.4 Å². The molecule has 94 valence electrons. The van der Waals surface area contributed by atoms with Gasteiger partial charge in [0.1, 0.15) is 5.75 Å². The summed E-state index contributed by atoms with van der Waals surface area (Å²) in [5.74, 6) is 1.22. The minimum absolute atomic E-state index is 0.466. The van der Waals surface area contributed by atoms with Gasteiger partial charge in [-0.2, -0.15) is 0 Å². The molecule has 0 radical (unpaired) electrons. The molecule has 1 saturated heterocycles. The zero-order valence-corrected chi connectivity index (χ0v) is 11.1. The van der Waals surface area contributed by atoms with E-state index in [1.807, 2.05) is 13.8 Å². The number of benzene rings is 1. The van der Waals surface area contributed by atoms with Crippen molar-refractivity contribution in [3.63, 3.8) is 0 Å². The average molecular weight is 233 g/mol. The highest BCUT2D eigenvalue weighted by Gasteiger charge is 2.16. The van der Waals surface area contributed by atoms with Crippen molar-refractivity contribution >= 4 is 0 Å². The van der Waals surface area contributed by atoms with E-state index in [2.05, 4.69) is 18.3 Å². The maximum absolute atomic E-state index is 9.91. The molecule has 2 heteroatoms. The van der Waals surface area contributed by atoms with Crippen molar-refractivity contribution in [2.75, 3.05) is 13.1 Å². The Morgan fingerprint density at radius 1 is 1.29 bits per heavy atom. The molecule has 1 heterocycles. The van der Waals surface area contributed by atoms with Crippen molar-refractivity contribution in [3.8, 4) is 5.75 Å². The Balaban J connectivity index is 2.20. The molecular formula is C15H23NO. The summed E-state index contributed by atoms with van der Waals surface area (Å²) in [6, 6.07) is 2.16. The van der Waals surface area contributed by atoms with E-state index in [0.29, 0.717) is 5.75 Å². The van der Waals surface area contributed by atoms with Gasteiger partial charge in [0.2, 0.25) is 0 Å². The molecule has 0 saturated carbocycles. The quantitative estimate of drug-likeness (QED) is 0.823. The van der Waals surface area contributed by atoms with Crippen LogP contribution in [0.1, 0.15) is 35.1 Å². The van der Waals surface area contributed by atoms with Crippen molar-refractivity contribution < 1.29 is 5.11 Å². The Bertz CT molecular complexity index is 406. The van der Waals surface area contributed by atoms with Crippen molar-refractivity contribution in [2.45, 2.75) is 40.0 Å². The summed E-state index contributed by atoms with van der Waals surface area (Å²) in [7, 11) is 0. The first-order valence-corrected chi connectivity index (χ1v) is 6.59. The number of rotatable bonds is 2. The molecule has 2 nitrogen and oxygen atoms in total. The lowest BCUT2D eigenvalue weighted by Gasteiger charge is -2.24. The fraction of sp³-hybridized carbons (Fsp3) is 0.600. The van der Waals surface area contributed by atoms with E-state index < -0.39 is 0 Å². The maximum Gasteiger partial charge on any atom is 0.121 e. The van der Waals surface area contributed by atoms with Crippen molar-refractivity contribution in [2.24, 2.45) is 5.92 Å². The lowest BCUT2D eigenvalue weighted by atomic mass is 9.88. The van der Waals surface area contributed by atoms with Gasteiger partial charge in [0.25, 0.3) is 0 Å². The Labute approximate surface area is 104 Å². The molecule has 17 heavy (non-hydrogen) atoms. The van der Waals surface area contributed by atoms with Gasteiger partial charge >= 0.3 is 0 Å². The lowest BCUT2D eigenvalue weighted by Crippen LogP contribution is -2.31. The van der Waals surface area contributed by atoms with Crippen LogP contribution in [0.25, 0.3) is 0 Å². The molecular weight excluding hydrogens is 210 g/mol. The zero-order chi connectivity index (χ0) is 12.4. The Morgan fingerprint density at radius 3 is 2.71 bits per heavy atom. The van der Waals surface area contributed by atoms with Crippen LogP contribution in [0.4, 0.5) is 0 Å². The molecule has 1 aliphatic rings. The van der Waals surface area contributed by atoms with E-state index in [1.165, 1.54) is 30.5 Å². The van der Waals surface area contributed by atoms with Crippen LogP contribution < -0.4 is 5.32 Å². The monoisotopic (exact) mass is 233 g/mol. The van der Waals surface area contributed by atoms with Crippen molar-refractivity contribution in [3.05, 3.63) is 28.3 Å². The van der Waals surface area contributed by atoms with Gasteiger partial charge in [-0.05, 0) is 81.3 Å². The van der Waals surface area contributed by atoms with Gasteiger partial charge in [0, 0.05) is 0 Å². The summed E-state index contributed by atoms with van der Waals surface area (Å²) in [5, 5.41) is 13.4. The van der Waals surface area contributed by atoms with Gasteiger partial charge in [-0.1, -0.05) is 6.07 Å². The standard InChI is InChI=1S/C15H23NO/c1-10-7-14(11(2)12(3)15(10)17)8-13-5-4-6-16-9-13/h7,13,16-17H,4-6,8-9H2,1-3H3. The molecule has 0 aromatic heterocycles. The minimum Gasteiger partial charge on any atom is -0.507 e. The molecule has 1 fully saturated rings. The van der Waals surface area contributed by atoms with E-state index in [-0.39, 0.29) is 0 Å². The Hall–Kier alpha value is -1.02. The molecule has 1 aliphatic heterocycles. The molecule has 2 rings (SSSR count). The number of phenolic OH excluding ortho intramolecular Hbond substituents is 1. The topological polar surface area (TPSA) is 32.3 Å². The van der Waals surface area contributed by atoms with Crippen LogP contribution in [0.15, 0.2) is 6.07 Å². The van der Waals surface area contributed by atoms with Crippen LogP contribution in [0.5, 0.6) is 5.75 Å². The second-order valence-corrected chi connectivity index (χ2v) is 5.37. The summed E-state index contributed by atoms with van der Waals surface area (Å²) in [6.45, 7) is 8.44. The predicted molar refractivity (Wildman–Crippen MR) is 71.6 cm³/mol. The number of hydrogen-bond acceptors (Lipinski definition) is 2. The predicted octanol–water partition coefficient (Wildman–Crippen LogP) is 2.86. The van der Waals surface area contributed by atoms with E-state index in [9.17, 15) is 5.11 Å². The third-order valence-electron chi connectivity index (χ3n) is 4.07. The summed E-state index contributed by atoms with van der Waals surface area (Å²) in [4.78, 5) is 0. The molecule has 1 aromatic carbocycles. The van der Waals surface area contributed by atoms with Gasteiger partial charge in [0.15, 0.2) is 0 Å². The number of nitrogens with one attached hydrogen (secondary N) is 1. The number of phenols is 1. The number of aryl methyl sites for hydroxylation is 1. The third-order valence-corrected chi connectivity index (χ3v) is 4.07. The highest BCUT2D eigenvalue weighted by atomic mass is 16.3. The van der Waals surface area contributed by atoms with E-state index >= 15 is 0 Å². The van der Waals surface area contributed by atoms with Crippen molar-refractivity contribution in [1.82, 2.24) is 5.32 Å². The summed E-state index contributed by atoms with van der Waals surface area (Å²) in [5.41, 5.74) is 4.72. The zero-order valence-electron chi connectivity index (χ0n) is 11.1. The van der Waals surface area contributed by atoms with Crippen LogP contribution in [0.2, 0.25) is 0 Å². The van der Waals surface area contributed by atoms with Crippen LogP contribution in [0.3, 0.4) is 0 Å². The van der Waals surface area contributed by atoms with Crippen molar-refractivity contribution in [1.29, 1.82) is 0 Å². The largest absolute Gasteiger partial charge is 0.507 e. The fourth-order valence-corrected chi connectivity index (χ4v) is 2.77. The number of aromatic hydroxyl groups is 1. The van der Waals surface area contributed by atoms with Crippen LogP contribution in [0, 0.1) is 26.7 Å². The minimum atomic E-state index is 0.466. The van der Waals surface area contributed by atoms with E-state index in [4.69, 9.17) is 0 Å². The SMILES string of the molecule is Cc1cc(CC2CCCNC2)c(C)c(C)c1O. The van der Waals surface area contributed by atoms with Crippen LogP contribution in [-0.2, 0) is 6.42 Å². The smallest absolute Gasteiger partial charge is 0.121 e. The molecule has 2 N–H and O–H groups in total. The van der Waals surface area contributed by atoms with Crippen LogP contribution >= 0.6 is 0 Å². The highest BCUT2D eigenvalue weighted by Crippen LogP contribution is 2.29. The first-order chi connectivity index (χ1) is 8.09. The second-order valence-electron chi connectivity index (χ2n) is 5.37. The maximum atomic E-state index is 9.91. The van der Waals surface area contributed by atoms with Gasteiger partial charge in [-0.15, -0.1) is 0 Å². The molecule has 0 spiro atoms. The molecule has 1 unspecified atom stereocenters.